The zero-order chi connectivity index (χ0) is 21.7. The van der Waals surface area contributed by atoms with Crippen LogP contribution in [0.1, 0.15) is 34.3 Å². The van der Waals surface area contributed by atoms with Crippen LogP contribution in [0.4, 0.5) is 29.2 Å². The second-order valence-corrected chi connectivity index (χ2v) is 7.75. The summed E-state index contributed by atoms with van der Waals surface area (Å²) in [6.45, 7) is 3.68. The molecule has 0 fully saturated rings. The standard InChI is InChI=1S/C20H20F4N6.H2/c1-11-19(2,8-16(21)22)17-14(27-11)5-4-13(28-17)12-6-7-30-15(12)9-25-18(29-30)26-10-20(3,23)24;/h4-7,9,16H,8,10H2,1-3H3,(H,26,29);1H. The number of hydrogen-bond acceptors (Lipinski definition) is 5. The predicted molar refractivity (Wildman–Crippen MR) is 108 cm³/mol. The Bertz CT molecular complexity index is 1140. The molecule has 4 rings (SSSR count). The van der Waals surface area contributed by atoms with Gasteiger partial charge in [0, 0.05) is 32.2 Å². The van der Waals surface area contributed by atoms with Gasteiger partial charge in [-0.25, -0.2) is 32.0 Å². The minimum atomic E-state index is -2.89. The van der Waals surface area contributed by atoms with Gasteiger partial charge >= 0.3 is 0 Å². The van der Waals surface area contributed by atoms with Crippen LogP contribution < -0.4 is 5.32 Å². The fourth-order valence-corrected chi connectivity index (χ4v) is 3.56. The average Bonchev–Trinajstić information content (AvgIpc) is 3.18. The highest BCUT2D eigenvalue weighted by Crippen LogP contribution is 2.43. The summed E-state index contributed by atoms with van der Waals surface area (Å²) in [6, 6.07) is 5.30. The monoisotopic (exact) mass is 422 g/mol. The molecule has 1 atom stereocenters. The van der Waals surface area contributed by atoms with E-state index in [4.69, 9.17) is 0 Å². The van der Waals surface area contributed by atoms with E-state index in [1.54, 1.807) is 38.2 Å². The van der Waals surface area contributed by atoms with Crippen LogP contribution in [-0.4, -0.2) is 44.2 Å². The van der Waals surface area contributed by atoms with Gasteiger partial charge in [-0.3, -0.25) is 4.99 Å². The number of aliphatic imine (C=N–C) groups is 1. The van der Waals surface area contributed by atoms with Crippen LogP contribution in [-0.2, 0) is 5.41 Å². The zero-order valence-corrected chi connectivity index (χ0v) is 16.6. The lowest BCUT2D eigenvalue weighted by Gasteiger charge is -2.24. The average molecular weight is 422 g/mol. The lowest BCUT2D eigenvalue weighted by Crippen LogP contribution is -2.31. The van der Waals surface area contributed by atoms with Crippen LogP contribution in [0.2, 0.25) is 0 Å². The first-order valence-electron chi connectivity index (χ1n) is 9.39. The summed E-state index contributed by atoms with van der Waals surface area (Å²) in [5, 5.41) is 6.69. The zero-order valence-electron chi connectivity index (χ0n) is 16.6. The molecule has 160 valence electrons. The number of alkyl halides is 4. The van der Waals surface area contributed by atoms with E-state index < -0.39 is 24.3 Å². The van der Waals surface area contributed by atoms with Crippen molar-refractivity contribution < 1.29 is 19.0 Å². The lowest BCUT2D eigenvalue weighted by atomic mass is 9.80. The largest absolute Gasteiger partial charge is 0.347 e. The molecule has 3 aromatic heterocycles. The highest BCUT2D eigenvalue weighted by Gasteiger charge is 2.41. The number of nitrogens with zero attached hydrogens (tertiary/aromatic N) is 5. The first-order chi connectivity index (χ1) is 14.1. The molecule has 0 saturated heterocycles. The Morgan fingerprint density at radius 3 is 2.73 bits per heavy atom. The molecule has 1 unspecified atom stereocenters. The molecule has 1 aliphatic rings. The van der Waals surface area contributed by atoms with Crippen LogP contribution in [0.5, 0.6) is 0 Å². The van der Waals surface area contributed by atoms with E-state index in [-0.39, 0.29) is 13.8 Å². The number of pyridine rings is 1. The SMILES string of the molecule is CC1=Nc2ccc(-c3ccn4nc(NCC(C)(F)F)ncc34)nc2C1(C)CC(F)F.[HH]. The fraction of sp³-hybridized carbons (Fsp3) is 0.400. The topological polar surface area (TPSA) is 67.5 Å². The van der Waals surface area contributed by atoms with Crippen LogP contribution in [0.25, 0.3) is 16.8 Å². The van der Waals surface area contributed by atoms with Gasteiger partial charge in [0.2, 0.25) is 12.4 Å². The number of fused-ring (bicyclic) bond motifs is 2. The van der Waals surface area contributed by atoms with Crippen molar-refractivity contribution in [1.29, 1.82) is 0 Å². The van der Waals surface area contributed by atoms with E-state index >= 15 is 0 Å². The molecule has 10 heteroatoms. The van der Waals surface area contributed by atoms with Gasteiger partial charge in [0.05, 0.1) is 40.7 Å². The Kier molecular flexibility index (Phi) is 4.74. The molecule has 0 bridgehead atoms. The lowest BCUT2D eigenvalue weighted by molar-refractivity contribution is 0.0365. The Balaban J connectivity index is 0.00000272. The van der Waals surface area contributed by atoms with Crippen LogP contribution in [0, 0.1) is 0 Å². The Morgan fingerprint density at radius 2 is 2.03 bits per heavy atom. The molecule has 0 saturated carbocycles. The third kappa shape index (κ3) is 3.61. The Hall–Kier alpha value is -3.04. The van der Waals surface area contributed by atoms with Gasteiger partial charge in [0.15, 0.2) is 0 Å². The predicted octanol–water partition coefficient (Wildman–Crippen LogP) is 5.12. The maximum Gasteiger partial charge on any atom is 0.262 e. The van der Waals surface area contributed by atoms with E-state index in [1.807, 2.05) is 0 Å². The fourth-order valence-electron chi connectivity index (χ4n) is 3.56. The van der Waals surface area contributed by atoms with Gasteiger partial charge in [-0.1, -0.05) is 0 Å². The third-order valence-electron chi connectivity index (χ3n) is 5.30. The summed E-state index contributed by atoms with van der Waals surface area (Å²) in [5.41, 5.74) is 2.67. The van der Waals surface area contributed by atoms with Crippen molar-refractivity contribution in [3.05, 3.63) is 36.3 Å². The number of halogens is 4. The molecular weight excluding hydrogens is 400 g/mol. The summed E-state index contributed by atoms with van der Waals surface area (Å²) < 4.78 is 54.0. The maximum atomic E-state index is 13.2. The van der Waals surface area contributed by atoms with Crippen molar-refractivity contribution in [3.8, 4) is 11.3 Å². The number of aromatic nitrogens is 4. The minimum Gasteiger partial charge on any atom is -0.347 e. The molecule has 0 aliphatic carbocycles. The van der Waals surface area contributed by atoms with Gasteiger partial charge in [-0.2, -0.15) is 0 Å². The van der Waals surface area contributed by atoms with Crippen molar-refractivity contribution in [1.82, 2.24) is 19.6 Å². The minimum absolute atomic E-state index is 0. The molecule has 4 heterocycles. The van der Waals surface area contributed by atoms with Crippen LogP contribution >= 0.6 is 0 Å². The van der Waals surface area contributed by atoms with Crippen molar-refractivity contribution in [2.75, 3.05) is 11.9 Å². The van der Waals surface area contributed by atoms with Crippen LogP contribution in [0.15, 0.2) is 35.6 Å². The summed E-state index contributed by atoms with van der Waals surface area (Å²) in [6.07, 6.45) is 0.328. The molecular formula is C20H22F4N6. The highest BCUT2D eigenvalue weighted by atomic mass is 19.3. The molecule has 3 aromatic rings. The number of nitrogens with one attached hydrogen (secondary N) is 1. The molecule has 1 aliphatic heterocycles. The second-order valence-electron chi connectivity index (χ2n) is 7.75. The number of hydrogen-bond donors (Lipinski definition) is 1. The van der Waals surface area contributed by atoms with Crippen molar-refractivity contribution in [2.24, 2.45) is 4.99 Å². The van der Waals surface area contributed by atoms with Crippen molar-refractivity contribution in [2.45, 2.75) is 45.0 Å². The van der Waals surface area contributed by atoms with Gasteiger partial charge < -0.3 is 5.32 Å². The molecule has 0 amide bonds. The van der Waals surface area contributed by atoms with Gasteiger partial charge in [-0.05, 0) is 32.0 Å². The molecule has 0 spiro atoms. The summed E-state index contributed by atoms with van der Waals surface area (Å²) in [7, 11) is 0. The van der Waals surface area contributed by atoms with Gasteiger partial charge in [0.25, 0.3) is 5.92 Å². The highest BCUT2D eigenvalue weighted by molar-refractivity contribution is 5.99. The van der Waals surface area contributed by atoms with Gasteiger partial charge in [-0.15, -0.1) is 5.10 Å². The Morgan fingerprint density at radius 1 is 1.27 bits per heavy atom. The molecule has 0 radical (unpaired) electrons. The van der Waals surface area contributed by atoms with Crippen LogP contribution in [0.3, 0.4) is 0 Å². The van der Waals surface area contributed by atoms with E-state index in [2.05, 4.69) is 25.4 Å². The van der Waals surface area contributed by atoms with E-state index in [9.17, 15) is 17.6 Å². The van der Waals surface area contributed by atoms with E-state index in [0.29, 0.717) is 33.9 Å². The quantitative estimate of drug-likeness (QED) is 0.560. The second kappa shape index (κ2) is 7.03. The van der Waals surface area contributed by atoms with Crippen molar-refractivity contribution >= 4 is 22.9 Å². The Labute approximate surface area is 171 Å². The smallest absolute Gasteiger partial charge is 0.262 e. The molecule has 30 heavy (non-hydrogen) atoms. The molecule has 0 aromatic carbocycles. The first-order valence-corrected chi connectivity index (χ1v) is 9.39. The van der Waals surface area contributed by atoms with Gasteiger partial charge in [0.1, 0.15) is 0 Å². The van der Waals surface area contributed by atoms with Crippen molar-refractivity contribution in [3.63, 3.8) is 0 Å². The number of rotatable bonds is 6. The molecule has 1 N–H and O–H groups in total. The number of anilines is 1. The first kappa shape index (κ1) is 20.2. The summed E-state index contributed by atoms with van der Waals surface area (Å²) in [5.74, 6) is -2.82. The van der Waals surface area contributed by atoms with E-state index in [0.717, 1.165) is 6.92 Å². The maximum absolute atomic E-state index is 13.2. The summed E-state index contributed by atoms with van der Waals surface area (Å²) >= 11 is 0. The van der Waals surface area contributed by atoms with E-state index in [1.165, 1.54) is 10.7 Å². The normalized spacial score (nSPS) is 18.7. The third-order valence-corrected chi connectivity index (χ3v) is 5.30. The summed E-state index contributed by atoms with van der Waals surface area (Å²) in [4.78, 5) is 13.2. The molecule has 6 nitrogen and oxygen atoms in total.